The SMILES string of the molecule is O=S(=O)(O)CCCc1c(C=C2Oc3ccc(Cl)cc3N2CCCS(=O)(=O)O)sc2ccc3ccccc3c12. The summed E-state index contributed by atoms with van der Waals surface area (Å²) in [4.78, 5) is 2.68. The fourth-order valence-corrected chi connectivity index (χ4v) is 7.04. The van der Waals surface area contributed by atoms with Crippen molar-refractivity contribution in [3.05, 3.63) is 75.9 Å². The first-order valence-corrected chi connectivity index (χ1v) is 16.2. The van der Waals surface area contributed by atoms with Gasteiger partial charge in [-0.15, -0.1) is 11.3 Å². The molecule has 0 fully saturated rings. The van der Waals surface area contributed by atoms with Crippen LogP contribution in [0, 0.1) is 0 Å². The molecule has 0 aliphatic carbocycles. The average Bonchev–Trinajstić information content (AvgIpc) is 3.35. The summed E-state index contributed by atoms with van der Waals surface area (Å²) in [7, 11) is -8.23. The molecule has 5 rings (SSSR count). The minimum Gasteiger partial charge on any atom is -0.439 e. The van der Waals surface area contributed by atoms with E-state index in [4.69, 9.17) is 16.3 Å². The van der Waals surface area contributed by atoms with E-state index in [1.165, 1.54) is 11.3 Å². The van der Waals surface area contributed by atoms with Crippen molar-refractivity contribution < 1.29 is 30.7 Å². The second kappa shape index (κ2) is 10.5. The number of fused-ring (bicyclic) bond motifs is 4. The van der Waals surface area contributed by atoms with Crippen LogP contribution in [0.2, 0.25) is 5.02 Å². The van der Waals surface area contributed by atoms with Crippen LogP contribution in [0.5, 0.6) is 5.75 Å². The third-order valence-corrected chi connectivity index (χ3v) is 9.26. The molecule has 0 unspecified atom stereocenters. The van der Waals surface area contributed by atoms with E-state index in [0.717, 1.165) is 31.3 Å². The molecule has 2 N–H and O–H groups in total. The van der Waals surface area contributed by atoms with E-state index < -0.39 is 26.0 Å². The van der Waals surface area contributed by atoms with Gasteiger partial charge in [0.1, 0.15) is 0 Å². The Morgan fingerprint density at radius 1 is 0.947 bits per heavy atom. The van der Waals surface area contributed by atoms with Gasteiger partial charge in [-0.3, -0.25) is 9.11 Å². The summed E-state index contributed by atoms with van der Waals surface area (Å²) in [6.45, 7) is 0.255. The van der Waals surface area contributed by atoms with Crippen molar-refractivity contribution in [2.75, 3.05) is 23.0 Å². The molecule has 12 heteroatoms. The number of nitrogens with zero attached hydrogens (tertiary/aromatic N) is 1. The highest BCUT2D eigenvalue weighted by molar-refractivity contribution is 7.86. The topological polar surface area (TPSA) is 121 Å². The van der Waals surface area contributed by atoms with E-state index in [0.29, 0.717) is 28.8 Å². The summed E-state index contributed by atoms with van der Waals surface area (Å²) in [6.07, 6.45) is 2.67. The van der Waals surface area contributed by atoms with Crippen molar-refractivity contribution in [3.8, 4) is 5.75 Å². The lowest BCUT2D eigenvalue weighted by molar-refractivity contribution is 0.442. The van der Waals surface area contributed by atoms with Gasteiger partial charge >= 0.3 is 0 Å². The predicted octanol–water partition coefficient (Wildman–Crippen LogP) is 6.00. The molecule has 38 heavy (non-hydrogen) atoms. The number of aryl methyl sites for hydroxylation is 1. The van der Waals surface area contributed by atoms with Crippen molar-refractivity contribution in [1.29, 1.82) is 0 Å². The number of hydrogen-bond donors (Lipinski definition) is 2. The number of benzene rings is 3. The minimum atomic E-state index is -4.13. The van der Waals surface area contributed by atoms with Crippen LogP contribution in [0.1, 0.15) is 23.3 Å². The summed E-state index contributed by atoms with van der Waals surface area (Å²) >= 11 is 7.76. The molecule has 0 bridgehead atoms. The zero-order valence-corrected chi connectivity index (χ0v) is 23.2. The maximum atomic E-state index is 11.4. The monoisotopic (exact) mass is 593 g/mol. The van der Waals surface area contributed by atoms with Gasteiger partial charge in [0.15, 0.2) is 5.75 Å². The van der Waals surface area contributed by atoms with E-state index >= 15 is 0 Å². The smallest absolute Gasteiger partial charge is 0.264 e. The molecule has 0 saturated heterocycles. The minimum absolute atomic E-state index is 0.157. The van der Waals surface area contributed by atoms with Gasteiger partial charge in [0.25, 0.3) is 20.2 Å². The molecule has 0 amide bonds. The second-order valence-corrected chi connectivity index (χ2v) is 13.6. The quantitative estimate of drug-likeness (QED) is 0.227. The molecule has 8 nitrogen and oxygen atoms in total. The lowest BCUT2D eigenvalue weighted by Gasteiger charge is -2.18. The largest absolute Gasteiger partial charge is 0.439 e. The summed E-state index contributed by atoms with van der Waals surface area (Å²) < 4.78 is 71.1. The maximum absolute atomic E-state index is 11.4. The molecular weight excluding hydrogens is 570 g/mol. The summed E-state index contributed by atoms with van der Waals surface area (Å²) in [5.74, 6) is 0.270. The molecule has 0 spiro atoms. The van der Waals surface area contributed by atoms with Gasteiger partial charge < -0.3 is 9.64 Å². The fraction of sp³-hybridized carbons (Fsp3) is 0.231. The normalized spacial score (nSPS) is 14.9. The molecule has 0 saturated carbocycles. The molecule has 2 heterocycles. The Bertz CT molecular complexity index is 1780. The lowest BCUT2D eigenvalue weighted by atomic mass is 10.00. The Morgan fingerprint density at radius 2 is 1.68 bits per heavy atom. The van der Waals surface area contributed by atoms with Gasteiger partial charge in [0.2, 0.25) is 5.88 Å². The zero-order valence-electron chi connectivity index (χ0n) is 20.0. The number of thiophene rings is 1. The standard InChI is InChI=1S/C26H24ClNO7S3/c27-18-9-10-22-21(15-18)28(12-4-14-38(32,33)34)25(35-22)16-24-20(7-3-13-37(29,30)31)26-19-6-2-1-5-17(19)8-11-23(26)36-24/h1-2,5-6,8-11,15-16H,3-4,7,12-14H2,(H,29,30,31)(H,32,33,34). The second-order valence-electron chi connectivity index (χ2n) is 8.98. The first kappa shape index (κ1) is 26.9. The highest BCUT2D eigenvalue weighted by atomic mass is 35.5. The molecule has 3 aromatic carbocycles. The van der Waals surface area contributed by atoms with Crippen LogP contribution in [0.15, 0.2) is 60.5 Å². The lowest BCUT2D eigenvalue weighted by Crippen LogP contribution is -2.23. The van der Waals surface area contributed by atoms with Gasteiger partial charge in [0, 0.05) is 32.6 Å². The molecule has 200 valence electrons. The van der Waals surface area contributed by atoms with Crippen molar-refractivity contribution in [1.82, 2.24) is 0 Å². The van der Waals surface area contributed by atoms with Crippen molar-refractivity contribution in [2.45, 2.75) is 19.3 Å². The van der Waals surface area contributed by atoms with Gasteiger partial charge in [-0.05, 0) is 59.9 Å². The molecule has 1 aliphatic rings. The number of halogens is 1. The number of rotatable bonds is 9. The van der Waals surface area contributed by atoms with Crippen molar-refractivity contribution in [2.24, 2.45) is 0 Å². The first-order valence-electron chi connectivity index (χ1n) is 11.8. The van der Waals surface area contributed by atoms with E-state index in [2.05, 4.69) is 0 Å². The summed E-state index contributed by atoms with van der Waals surface area (Å²) in [5, 5.41) is 3.61. The third kappa shape index (κ3) is 5.98. The Hall–Kier alpha value is -2.67. The van der Waals surface area contributed by atoms with Crippen molar-refractivity contribution >= 4 is 75.8 Å². The number of anilines is 1. The van der Waals surface area contributed by atoms with Crippen molar-refractivity contribution in [3.63, 3.8) is 0 Å². The Labute approximate surface area is 229 Å². The summed E-state index contributed by atoms with van der Waals surface area (Å²) in [6, 6.07) is 17.2. The van der Waals surface area contributed by atoms with Crippen LogP contribution in [-0.2, 0) is 26.7 Å². The van der Waals surface area contributed by atoms with E-state index in [-0.39, 0.29) is 25.1 Å². The van der Waals surface area contributed by atoms with Crippen LogP contribution >= 0.6 is 22.9 Å². The zero-order chi connectivity index (χ0) is 27.1. The van der Waals surface area contributed by atoms with Crippen LogP contribution in [0.4, 0.5) is 5.69 Å². The third-order valence-electron chi connectivity index (χ3n) is 6.27. The molecule has 0 atom stereocenters. The predicted molar refractivity (Wildman–Crippen MR) is 153 cm³/mol. The Balaban J connectivity index is 1.60. The first-order chi connectivity index (χ1) is 18.0. The number of hydrogen-bond acceptors (Lipinski definition) is 7. The Kier molecular flexibility index (Phi) is 7.42. The average molecular weight is 594 g/mol. The highest BCUT2D eigenvalue weighted by Gasteiger charge is 2.28. The Morgan fingerprint density at radius 3 is 2.45 bits per heavy atom. The fourth-order valence-electron chi connectivity index (χ4n) is 4.68. The van der Waals surface area contributed by atoms with E-state index in [9.17, 15) is 25.9 Å². The molecule has 1 aliphatic heterocycles. The van der Waals surface area contributed by atoms with Gasteiger partial charge in [-0.2, -0.15) is 16.8 Å². The van der Waals surface area contributed by atoms with E-state index in [1.807, 2.05) is 47.4 Å². The summed E-state index contributed by atoms with van der Waals surface area (Å²) in [5.41, 5.74) is 1.62. The van der Waals surface area contributed by atoms with Gasteiger partial charge in [-0.25, -0.2) is 0 Å². The van der Waals surface area contributed by atoms with Crippen LogP contribution in [-0.4, -0.2) is 44.0 Å². The molecular formula is C26H24ClNO7S3. The maximum Gasteiger partial charge on any atom is 0.264 e. The number of ether oxygens (including phenoxy) is 1. The molecule has 0 radical (unpaired) electrons. The van der Waals surface area contributed by atoms with Crippen LogP contribution < -0.4 is 9.64 Å². The van der Waals surface area contributed by atoms with Crippen LogP contribution in [0.3, 0.4) is 0 Å². The highest BCUT2D eigenvalue weighted by Crippen LogP contribution is 2.44. The van der Waals surface area contributed by atoms with E-state index in [1.54, 1.807) is 18.2 Å². The van der Waals surface area contributed by atoms with Crippen LogP contribution in [0.25, 0.3) is 26.9 Å². The van der Waals surface area contributed by atoms with Gasteiger partial charge in [0.05, 0.1) is 17.2 Å². The van der Waals surface area contributed by atoms with Gasteiger partial charge in [-0.1, -0.05) is 41.9 Å². The molecule has 1 aromatic heterocycles. The molecule has 4 aromatic rings.